The van der Waals surface area contributed by atoms with Crippen LogP contribution in [0.1, 0.15) is 36.7 Å². The molecule has 5 nitrogen and oxygen atoms in total. The van der Waals surface area contributed by atoms with Crippen molar-refractivity contribution in [1.82, 2.24) is 5.32 Å². The molecule has 2 rings (SSSR count). The summed E-state index contributed by atoms with van der Waals surface area (Å²) in [6.45, 7) is 6.72. The minimum atomic E-state index is -1.15. The maximum atomic E-state index is 15.0. The minimum absolute atomic E-state index is 0.0630. The van der Waals surface area contributed by atoms with Gasteiger partial charge in [-0.1, -0.05) is 31.9 Å². The zero-order chi connectivity index (χ0) is 24.1. The van der Waals surface area contributed by atoms with E-state index in [-0.39, 0.29) is 18.8 Å². The molecule has 1 aliphatic heterocycles. The molecule has 0 amide bonds. The third-order valence-electron chi connectivity index (χ3n) is 4.39. The van der Waals surface area contributed by atoms with Crippen molar-refractivity contribution in [3.8, 4) is 12.3 Å². The molecule has 0 saturated carbocycles. The number of Topliss-reactive ketones (excluding diaryl/α,β-unsaturated/α-hetero) is 1. The highest BCUT2D eigenvalue weighted by Crippen LogP contribution is 2.27. The number of rotatable bonds is 9. The van der Waals surface area contributed by atoms with Crippen molar-refractivity contribution in [2.45, 2.75) is 27.4 Å². The molecule has 2 unspecified atom stereocenters. The lowest BCUT2D eigenvalue weighted by molar-refractivity contribution is 0.0602. The van der Waals surface area contributed by atoms with E-state index in [0.717, 1.165) is 6.07 Å². The van der Waals surface area contributed by atoms with Gasteiger partial charge in [-0.2, -0.15) is 0 Å². The standard InChI is InChI=1S/C22H23BrF2N2O3.C2H6/c1-4-16(17-8-7-15(23)12-27-22(17)26-5-2)21(28)19-18(24)9-6-14(20(19)25)13-30-11-10-29-3;1-2/h1,6-9,12,16-17H,5,10-11,13H2,2-3H3,(H,26,27);1-2H3. The molecule has 2 atom stereocenters. The molecule has 0 fully saturated rings. The number of carbonyl (C=O) groups is 1. The van der Waals surface area contributed by atoms with Crippen LogP contribution in [0.25, 0.3) is 0 Å². The third kappa shape index (κ3) is 7.37. The Kier molecular flexibility index (Phi) is 12.7. The van der Waals surface area contributed by atoms with Gasteiger partial charge in [0.05, 0.1) is 37.2 Å². The van der Waals surface area contributed by atoms with Gasteiger partial charge in [0.1, 0.15) is 17.5 Å². The van der Waals surface area contributed by atoms with Crippen LogP contribution in [0.2, 0.25) is 0 Å². The number of nitrogens with one attached hydrogen (secondary N) is 1. The lowest BCUT2D eigenvalue weighted by Gasteiger charge is -2.21. The first-order chi connectivity index (χ1) is 15.4. The zero-order valence-electron chi connectivity index (χ0n) is 18.8. The van der Waals surface area contributed by atoms with E-state index < -0.39 is 34.8 Å². The largest absolute Gasteiger partial charge is 0.382 e. The van der Waals surface area contributed by atoms with E-state index >= 15 is 4.39 Å². The lowest BCUT2D eigenvalue weighted by Crippen LogP contribution is -2.35. The van der Waals surface area contributed by atoms with Crippen molar-refractivity contribution in [2.24, 2.45) is 16.8 Å². The van der Waals surface area contributed by atoms with Crippen LogP contribution in [0.15, 0.2) is 40.0 Å². The Morgan fingerprint density at radius 2 is 2.06 bits per heavy atom. The number of nitrogens with zero attached hydrogens (tertiary/aromatic N) is 1. The summed E-state index contributed by atoms with van der Waals surface area (Å²) < 4.78 is 40.4. The van der Waals surface area contributed by atoms with Crippen molar-refractivity contribution in [3.63, 3.8) is 0 Å². The number of benzene rings is 1. The molecule has 8 heteroatoms. The molecular weight excluding hydrogens is 482 g/mol. The summed E-state index contributed by atoms with van der Waals surface area (Å²) in [4.78, 5) is 17.5. The van der Waals surface area contributed by atoms with Crippen LogP contribution < -0.4 is 5.32 Å². The number of amidine groups is 1. The van der Waals surface area contributed by atoms with Gasteiger partial charge >= 0.3 is 0 Å². The highest BCUT2D eigenvalue weighted by molar-refractivity contribution is 9.11. The molecule has 1 aromatic rings. The van der Waals surface area contributed by atoms with E-state index in [1.807, 2.05) is 20.8 Å². The molecule has 0 radical (unpaired) electrons. The molecule has 0 saturated heterocycles. The number of hydrogen-bond donors (Lipinski definition) is 1. The van der Waals surface area contributed by atoms with Crippen LogP contribution >= 0.6 is 15.9 Å². The molecule has 0 bridgehead atoms. The summed E-state index contributed by atoms with van der Waals surface area (Å²) in [7, 11) is 1.51. The number of allylic oxidation sites excluding steroid dienone is 2. The van der Waals surface area contributed by atoms with Gasteiger partial charge in [-0.3, -0.25) is 9.79 Å². The Labute approximate surface area is 197 Å². The molecular formula is C24H29BrF2N2O3. The van der Waals surface area contributed by atoms with E-state index in [9.17, 15) is 9.18 Å². The highest BCUT2D eigenvalue weighted by Gasteiger charge is 2.34. The Bertz CT molecular complexity index is 907. The third-order valence-corrected chi connectivity index (χ3v) is 4.89. The summed E-state index contributed by atoms with van der Waals surface area (Å²) in [5.41, 5.74) is -0.612. The Hall–Kier alpha value is -2.34. The normalized spacial score (nSPS) is 17.4. The van der Waals surface area contributed by atoms with Gasteiger partial charge in [0.25, 0.3) is 0 Å². The van der Waals surface area contributed by atoms with Crippen molar-refractivity contribution in [2.75, 3.05) is 26.9 Å². The lowest BCUT2D eigenvalue weighted by atomic mass is 9.84. The number of ketones is 1. The van der Waals surface area contributed by atoms with Crippen molar-refractivity contribution in [1.29, 1.82) is 0 Å². The Balaban J connectivity index is 0.00000249. The number of hydrogen-bond acceptors (Lipinski definition) is 4. The second kappa shape index (κ2) is 14.7. The Morgan fingerprint density at radius 1 is 1.34 bits per heavy atom. The summed E-state index contributed by atoms with van der Waals surface area (Å²) in [5, 5.41) is 3.00. The summed E-state index contributed by atoms with van der Waals surface area (Å²) in [6, 6.07) is 2.29. The Morgan fingerprint density at radius 3 is 2.69 bits per heavy atom. The first-order valence-corrected chi connectivity index (χ1v) is 11.1. The quantitative estimate of drug-likeness (QED) is 0.288. The first-order valence-electron chi connectivity index (χ1n) is 10.3. The number of methoxy groups -OCH3 is 1. The highest BCUT2D eigenvalue weighted by atomic mass is 79.9. The van der Waals surface area contributed by atoms with Crippen molar-refractivity contribution < 1.29 is 23.0 Å². The van der Waals surface area contributed by atoms with Crippen molar-refractivity contribution >= 4 is 27.5 Å². The second-order valence-corrected chi connectivity index (χ2v) is 7.28. The smallest absolute Gasteiger partial charge is 0.184 e. The predicted molar refractivity (Wildman–Crippen MR) is 127 cm³/mol. The summed E-state index contributed by atoms with van der Waals surface area (Å²) in [5.74, 6) is -1.77. The molecule has 1 aliphatic rings. The average molecular weight is 511 g/mol. The predicted octanol–water partition coefficient (Wildman–Crippen LogP) is 5.02. The minimum Gasteiger partial charge on any atom is -0.382 e. The van der Waals surface area contributed by atoms with Gasteiger partial charge in [-0.25, -0.2) is 8.78 Å². The van der Waals surface area contributed by atoms with Crippen LogP contribution in [-0.2, 0) is 16.1 Å². The maximum absolute atomic E-state index is 15.0. The molecule has 174 valence electrons. The van der Waals surface area contributed by atoms with Crippen LogP contribution in [0.4, 0.5) is 8.78 Å². The van der Waals surface area contributed by atoms with Crippen molar-refractivity contribution in [3.05, 3.63) is 57.7 Å². The van der Waals surface area contributed by atoms with Gasteiger partial charge in [-0.15, -0.1) is 6.42 Å². The van der Waals surface area contributed by atoms with E-state index in [1.165, 1.54) is 13.2 Å². The molecule has 0 spiro atoms. The first kappa shape index (κ1) is 27.7. The molecule has 1 N–H and O–H groups in total. The molecule has 0 aliphatic carbocycles. The fraction of sp³-hybridized carbons (Fsp3) is 0.417. The SMILES string of the molecule is C#CC(C(=O)c1c(F)ccc(COCCOC)c1F)C1C=CC(Br)=CNC1=NCC.CC. The topological polar surface area (TPSA) is 59.9 Å². The number of halogens is 3. The summed E-state index contributed by atoms with van der Waals surface area (Å²) >= 11 is 3.34. The molecule has 0 aromatic heterocycles. The average Bonchev–Trinajstić information content (AvgIpc) is 2.97. The van der Waals surface area contributed by atoms with Crippen LogP contribution in [0.3, 0.4) is 0 Å². The van der Waals surface area contributed by atoms with Crippen LogP contribution in [-0.4, -0.2) is 38.5 Å². The number of terminal acetylenes is 1. The van der Waals surface area contributed by atoms with E-state index in [4.69, 9.17) is 15.9 Å². The number of ether oxygens (including phenoxy) is 2. The van der Waals surface area contributed by atoms with Gasteiger partial charge in [0.15, 0.2) is 5.78 Å². The number of aliphatic imine (C=N–C) groups is 1. The maximum Gasteiger partial charge on any atom is 0.184 e. The van der Waals surface area contributed by atoms with E-state index in [0.29, 0.717) is 23.5 Å². The van der Waals surface area contributed by atoms with E-state index in [2.05, 4.69) is 32.2 Å². The van der Waals surface area contributed by atoms with E-state index in [1.54, 1.807) is 18.4 Å². The molecule has 1 aromatic carbocycles. The fourth-order valence-corrected chi connectivity index (χ4v) is 3.19. The van der Waals surface area contributed by atoms with Gasteiger partial charge < -0.3 is 14.8 Å². The number of carbonyl (C=O) groups excluding carboxylic acids is 1. The molecule has 32 heavy (non-hydrogen) atoms. The van der Waals surface area contributed by atoms with Gasteiger partial charge in [0.2, 0.25) is 0 Å². The monoisotopic (exact) mass is 510 g/mol. The van der Waals surface area contributed by atoms with Crippen LogP contribution in [0, 0.1) is 35.8 Å². The second-order valence-electron chi connectivity index (χ2n) is 6.37. The van der Waals surface area contributed by atoms with Gasteiger partial charge in [-0.05, 0) is 35.0 Å². The zero-order valence-corrected chi connectivity index (χ0v) is 20.3. The fourth-order valence-electron chi connectivity index (χ4n) is 2.92. The molecule has 1 heterocycles. The summed E-state index contributed by atoms with van der Waals surface area (Å²) in [6.07, 6.45) is 10.7. The van der Waals surface area contributed by atoms with Crippen LogP contribution in [0.5, 0.6) is 0 Å². The van der Waals surface area contributed by atoms with Gasteiger partial charge in [0, 0.05) is 29.9 Å².